The summed E-state index contributed by atoms with van der Waals surface area (Å²) in [5.74, 6) is -0.740. The molecule has 1 amide bonds. The molecule has 4 aromatic rings. The lowest BCUT2D eigenvalue weighted by Crippen LogP contribution is -2.65. The Morgan fingerprint density at radius 3 is 1.98 bits per heavy atom. The van der Waals surface area contributed by atoms with E-state index in [1.165, 1.54) is 7.11 Å². The molecule has 282 valence electrons. The number of rotatable bonds is 15. The number of amides is 1. The van der Waals surface area contributed by atoms with Gasteiger partial charge in [0.1, 0.15) is 31.0 Å². The van der Waals surface area contributed by atoms with Crippen LogP contribution < -0.4 is 5.32 Å². The van der Waals surface area contributed by atoms with Crippen LogP contribution in [0.5, 0.6) is 0 Å². The highest BCUT2D eigenvalue weighted by atomic mass is 16.8. The fourth-order valence-electron chi connectivity index (χ4n) is 6.37. The molecule has 0 aliphatic carbocycles. The van der Waals surface area contributed by atoms with E-state index < -0.39 is 61.2 Å². The number of esters is 1. The molecule has 2 aliphatic rings. The lowest BCUT2D eigenvalue weighted by Gasteiger charge is -2.49. The summed E-state index contributed by atoms with van der Waals surface area (Å²) in [4.78, 5) is 26.0. The quantitative estimate of drug-likeness (QED) is 0.152. The van der Waals surface area contributed by atoms with E-state index in [9.17, 15) is 14.9 Å². The Kier molecular flexibility index (Phi) is 13.8. The van der Waals surface area contributed by atoms with Gasteiger partial charge in [0.25, 0.3) is 0 Å². The van der Waals surface area contributed by atoms with Crippen LogP contribution in [0.2, 0.25) is 0 Å². The Labute approximate surface area is 314 Å². The first-order valence-corrected chi connectivity index (χ1v) is 17.8. The molecule has 0 radical (unpaired) electrons. The van der Waals surface area contributed by atoms with E-state index in [0.29, 0.717) is 12.0 Å². The minimum absolute atomic E-state index is 0.00350. The third kappa shape index (κ3) is 10.3. The first-order chi connectivity index (χ1) is 26.4. The molecular weight excluding hydrogens is 692 g/mol. The summed E-state index contributed by atoms with van der Waals surface area (Å²) in [5.41, 5.74) is 3.95. The lowest BCUT2D eigenvalue weighted by molar-refractivity contribution is -0.374. The number of nitrogens with zero attached hydrogens (tertiary/aromatic N) is 1. The van der Waals surface area contributed by atoms with Gasteiger partial charge in [-0.3, -0.25) is 0 Å². The summed E-state index contributed by atoms with van der Waals surface area (Å²) in [5, 5.41) is 12.3. The van der Waals surface area contributed by atoms with E-state index in [1.54, 1.807) is 13.0 Å². The Bertz CT molecular complexity index is 1820. The minimum atomic E-state index is -1.26. The number of carbonyl (C=O) groups is 2. The van der Waals surface area contributed by atoms with Gasteiger partial charge in [0, 0.05) is 6.42 Å². The first-order valence-electron chi connectivity index (χ1n) is 17.8. The number of ether oxygens (including phenoxy) is 8. The number of hydrogen-bond acceptors (Lipinski definition) is 11. The molecule has 2 saturated heterocycles. The van der Waals surface area contributed by atoms with Crippen molar-refractivity contribution in [2.75, 3.05) is 13.7 Å². The van der Waals surface area contributed by atoms with Crippen molar-refractivity contribution in [3.63, 3.8) is 0 Å². The number of alkyl carbamates (subject to hydrolysis) is 1. The second-order valence-corrected chi connectivity index (χ2v) is 13.0. The maximum absolute atomic E-state index is 13.1. The van der Waals surface area contributed by atoms with Crippen LogP contribution >= 0.6 is 0 Å². The summed E-state index contributed by atoms with van der Waals surface area (Å²) >= 11 is 0. The number of fused-ring (bicyclic) bond motifs is 1. The van der Waals surface area contributed by atoms with Gasteiger partial charge in [0.15, 0.2) is 18.6 Å². The van der Waals surface area contributed by atoms with Gasteiger partial charge in [-0.05, 0) is 35.2 Å². The summed E-state index contributed by atoms with van der Waals surface area (Å²) in [6.45, 7) is 2.17. The Balaban J connectivity index is 1.25. The predicted octanol–water partition coefficient (Wildman–Crippen LogP) is 5.61. The van der Waals surface area contributed by atoms with Gasteiger partial charge >= 0.3 is 12.1 Å². The predicted molar refractivity (Wildman–Crippen MR) is 194 cm³/mol. The van der Waals surface area contributed by atoms with Crippen molar-refractivity contribution in [2.45, 2.75) is 82.3 Å². The average molecular weight is 737 g/mol. The van der Waals surface area contributed by atoms with Crippen LogP contribution in [0.15, 0.2) is 115 Å². The molecule has 0 aromatic heterocycles. The highest BCUT2D eigenvalue weighted by Gasteiger charge is 2.52. The molecular formula is C42H44N2O10. The van der Waals surface area contributed by atoms with Crippen molar-refractivity contribution in [3.05, 3.63) is 143 Å². The second-order valence-electron chi connectivity index (χ2n) is 13.0. The molecule has 8 atom stereocenters. The molecule has 12 heteroatoms. The Morgan fingerprint density at radius 1 is 0.796 bits per heavy atom. The highest BCUT2D eigenvalue weighted by molar-refractivity contribution is 5.81. The van der Waals surface area contributed by atoms with E-state index in [4.69, 9.17) is 37.9 Å². The molecule has 12 nitrogen and oxygen atoms in total. The molecule has 4 aromatic carbocycles. The largest absolute Gasteiger partial charge is 0.467 e. The lowest BCUT2D eigenvalue weighted by atomic mass is 9.96. The van der Waals surface area contributed by atoms with E-state index in [0.717, 1.165) is 22.3 Å². The third-order valence-corrected chi connectivity index (χ3v) is 9.20. The standard InChI is InChI=1S/C42H44N2O10/c1-28(36(40(45)47-2)44-42(46)51-26-31-18-10-5-11-19-31)52-41-39(50-25-30-16-8-4-9-17-30)38(49-24-29-14-6-3-7-15-29)37-34(53-41)27-48-35(54-37)22-32-20-12-13-21-33(32)23-43/h3-21,28,34-39,41H,22,24-27H2,1-2H3,(H,44,46)/t28-,34-,35-,36+,37-,38+,39+,41-/m1/s1. The molecule has 0 saturated carbocycles. The van der Waals surface area contributed by atoms with Crippen molar-refractivity contribution in [2.24, 2.45) is 0 Å². The van der Waals surface area contributed by atoms with Gasteiger partial charge < -0.3 is 43.2 Å². The fourth-order valence-corrected chi connectivity index (χ4v) is 6.37. The topological polar surface area (TPSA) is 144 Å². The summed E-state index contributed by atoms with van der Waals surface area (Å²) < 4.78 is 49.4. The summed E-state index contributed by atoms with van der Waals surface area (Å²) in [6.07, 6.45) is -6.25. The highest BCUT2D eigenvalue weighted by Crippen LogP contribution is 2.35. The first kappa shape index (κ1) is 38.6. The third-order valence-electron chi connectivity index (χ3n) is 9.20. The maximum atomic E-state index is 13.1. The zero-order chi connectivity index (χ0) is 37.7. The zero-order valence-electron chi connectivity index (χ0n) is 30.2. The molecule has 2 fully saturated rings. The monoisotopic (exact) mass is 736 g/mol. The van der Waals surface area contributed by atoms with E-state index in [2.05, 4.69) is 11.4 Å². The molecule has 0 bridgehead atoms. The van der Waals surface area contributed by atoms with Gasteiger partial charge in [-0.2, -0.15) is 5.26 Å². The van der Waals surface area contributed by atoms with Gasteiger partial charge in [0.05, 0.1) is 44.7 Å². The SMILES string of the molecule is COC(=O)[C@@H](NC(=O)OCc1ccccc1)[C@@H](C)O[C@@H]1O[C@@H]2CO[C@@H](Cc3ccccc3C#N)O[C@H]2[C@H](OCc2ccccc2)[C@@H]1OCc1ccccc1. The van der Waals surface area contributed by atoms with Crippen molar-refractivity contribution in [1.82, 2.24) is 5.32 Å². The fraction of sp³-hybridized carbons (Fsp3) is 0.357. The van der Waals surface area contributed by atoms with Crippen LogP contribution in [0.3, 0.4) is 0 Å². The van der Waals surface area contributed by atoms with Gasteiger partial charge in [-0.15, -0.1) is 0 Å². The normalized spacial score (nSPS) is 23.2. The van der Waals surface area contributed by atoms with E-state index in [1.807, 2.05) is 109 Å². The van der Waals surface area contributed by atoms with E-state index >= 15 is 0 Å². The number of benzene rings is 4. The molecule has 0 unspecified atom stereocenters. The Morgan fingerprint density at radius 2 is 1.37 bits per heavy atom. The van der Waals surface area contributed by atoms with Crippen LogP contribution in [-0.4, -0.2) is 74.9 Å². The van der Waals surface area contributed by atoms with Crippen LogP contribution in [0.1, 0.15) is 34.7 Å². The number of carbonyl (C=O) groups excluding carboxylic acids is 2. The molecule has 1 N–H and O–H groups in total. The molecule has 6 rings (SSSR count). The van der Waals surface area contributed by atoms with Gasteiger partial charge in [0.2, 0.25) is 0 Å². The average Bonchev–Trinajstić information content (AvgIpc) is 3.21. The smallest absolute Gasteiger partial charge is 0.408 e. The zero-order valence-corrected chi connectivity index (χ0v) is 30.2. The van der Waals surface area contributed by atoms with E-state index in [-0.39, 0.29) is 26.4 Å². The van der Waals surface area contributed by atoms with Crippen LogP contribution in [0.25, 0.3) is 0 Å². The van der Waals surface area contributed by atoms with Crippen LogP contribution in [0.4, 0.5) is 4.79 Å². The molecule has 0 spiro atoms. The Hall–Kier alpha value is -5.13. The maximum Gasteiger partial charge on any atom is 0.408 e. The van der Waals surface area contributed by atoms with Crippen molar-refractivity contribution >= 4 is 12.1 Å². The van der Waals surface area contributed by atoms with Gasteiger partial charge in [-0.25, -0.2) is 9.59 Å². The van der Waals surface area contributed by atoms with Gasteiger partial charge in [-0.1, -0.05) is 109 Å². The summed E-state index contributed by atoms with van der Waals surface area (Å²) in [7, 11) is 1.22. The van der Waals surface area contributed by atoms with Crippen molar-refractivity contribution < 1.29 is 47.5 Å². The number of nitriles is 1. The van der Waals surface area contributed by atoms with Crippen LogP contribution in [0, 0.1) is 11.3 Å². The van der Waals surface area contributed by atoms with Crippen molar-refractivity contribution in [3.8, 4) is 6.07 Å². The van der Waals surface area contributed by atoms with Crippen molar-refractivity contribution in [1.29, 1.82) is 5.26 Å². The molecule has 54 heavy (non-hydrogen) atoms. The molecule has 2 heterocycles. The number of hydrogen-bond donors (Lipinski definition) is 1. The summed E-state index contributed by atoms with van der Waals surface area (Å²) in [6, 6.07) is 36.8. The minimum Gasteiger partial charge on any atom is -0.467 e. The number of methoxy groups -OCH3 is 1. The second kappa shape index (κ2) is 19.3. The van der Waals surface area contributed by atoms with Crippen LogP contribution in [-0.2, 0) is 68.9 Å². The number of nitrogens with one attached hydrogen (secondary N) is 1. The molecule has 2 aliphatic heterocycles.